The van der Waals surface area contributed by atoms with Gasteiger partial charge in [0, 0.05) is 45.2 Å². The van der Waals surface area contributed by atoms with Crippen molar-refractivity contribution in [2.75, 3.05) is 32.8 Å². The first kappa shape index (κ1) is 20.4. The van der Waals surface area contributed by atoms with Gasteiger partial charge < -0.3 is 19.9 Å². The molecule has 1 aromatic heterocycles. The minimum Gasteiger partial charge on any atom is -0.371 e. The van der Waals surface area contributed by atoms with E-state index in [9.17, 15) is 4.79 Å². The molecule has 1 aromatic carbocycles. The highest BCUT2D eigenvalue weighted by Crippen LogP contribution is 2.17. The molecule has 1 fully saturated rings. The number of amides is 1. The van der Waals surface area contributed by atoms with E-state index in [0.717, 1.165) is 18.7 Å². The monoisotopic (exact) mass is 387 g/mol. The normalized spacial score (nSPS) is 17.5. The third-order valence-corrected chi connectivity index (χ3v) is 4.97. The topological polar surface area (TPSA) is 97.7 Å². The van der Waals surface area contributed by atoms with E-state index in [1.54, 1.807) is 0 Å². The van der Waals surface area contributed by atoms with Crippen LogP contribution < -0.4 is 5.73 Å². The fourth-order valence-electron chi connectivity index (χ4n) is 3.30. The van der Waals surface area contributed by atoms with E-state index in [0.29, 0.717) is 44.4 Å². The number of aromatic nitrogens is 2. The third kappa shape index (κ3) is 5.37. The van der Waals surface area contributed by atoms with Gasteiger partial charge in [0.15, 0.2) is 5.82 Å². The number of hydrogen-bond donors (Lipinski definition) is 1. The fraction of sp³-hybridized carbons (Fsp3) is 0.550. The Kier molecular flexibility index (Phi) is 7.13. The highest BCUT2D eigenvalue weighted by molar-refractivity contribution is 5.77. The third-order valence-electron chi connectivity index (χ3n) is 4.97. The average Bonchev–Trinajstić information content (AvgIpc) is 3.18. The lowest BCUT2D eigenvalue weighted by Crippen LogP contribution is -2.48. The van der Waals surface area contributed by atoms with Crippen molar-refractivity contribution in [2.24, 2.45) is 5.73 Å². The Bertz CT molecular complexity index is 743. The maximum absolute atomic E-state index is 12.6. The summed E-state index contributed by atoms with van der Waals surface area (Å²) in [4.78, 5) is 21.1. The zero-order valence-electron chi connectivity index (χ0n) is 16.6. The van der Waals surface area contributed by atoms with Gasteiger partial charge in [0.2, 0.25) is 11.8 Å². The summed E-state index contributed by atoms with van der Waals surface area (Å²) in [6.45, 7) is 7.92. The van der Waals surface area contributed by atoms with Crippen LogP contribution >= 0.6 is 0 Å². The molecule has 1 aliphatic rings. The Morgan fingerprint density at radius 2 is 1.96 bits per heavy atom. The van der Waals surface area contributed by atoms with Crippen molar-refractivity contribution in [1.29, 1.82) is 0 Å². The van der Waals surface area contributed by atoms with Gasteiger partial charge in [-0.2, -0.15) is 4.98 Å². The van der Waals surface area contributed by atoms with Gasteiger partial charge >= 0.3 is 0 Å². The first-order valence-corrected chi connectivity index (χ1v) is 9.81. The number of carbonyl (C=O) groups is 1. The molecule has 0 saturated carbocycles. The molecule has 2 N–H and O–H groups in total. The number of piperazine rings is 1. The van der Waals surface area contributed by atoms with Gasteiger partial charge in [-0.1, -0.05) is 35.5 Å². The molecule has 0 spiro atoms. The summed E-state index contributed by atoms with van der Waals surface area (Å²) in [5.41, 5.74) is 7.17. The van der Waals surface area contributed by atoms with Crippen LogP contribution in [0, 0.1) is 0 Å². The van der Waals surface area contributed by atoms with Crippen LogP contribution in [0.4, 0.5) is 0 Å². The highest BCUT2D eigenvalue weighted by atomic mass is 16.5. The first-order chi connectivity index (χ1) is 13.6. The van der Waals surface area contributed by atoms with Crippen LogP contribution in [0.2, 0.25) is 0 Å². The number of ether oxygens (including phenoxy) is 1. The van der Waals surface area contributed by atoms with Crippen molar-refractivity contribution in [3.05, 3.63) is 47.6 Å². The lowest BCUT2D eigenvalue weighted by atomic mass is 10.0. The Hall–Kier alpha value is -2.29. The predicted molar refractivity (Wildman–Crippen MR) is 104 cm³/mol. The predicted octanol–water partition coefficient (Wildman–Crippen LogP) is 1.90. The van der Waals surface area contributed by atoms with E-state index in [1.807, 2.05) is 49.1 Å². The standard InChI is InChI=1S/C20H29N5O3/c1-3-27-15(2)20-22-18(28-23-20)14-24-9-11-25(12-10-24)19(26)13-17(21)16-7-5-4-6-8-16/h4-8,15,17H,3,9-14,21H2,1-2H3. The SMILES string of the molecule is CCOC(C)c1noc(CN2CCN(C(=O)CC(N)c3ccccc3)CC2)n1. The molecule has 0 radical (unpaired) electrons. The number of benzene rings is 1. The van der Waals surface area contributed by atoms with Gasteiger partial charge in [-0.05, 0) is 19.4 Å². The Morgan fingerprint density at radius 1 is 1.25 bits per heavy atom. The summed E-state index contributed by atoms with van der Waals surface area (Å²) in [5, 5.41) is 3.99. The molecule has 1 amide bonds. The lowest BCUT2D eigenvalue weighted by molar-refractivity contribution is -0.133. The molecule has 0 bridgehead atoms. The molecular weight excluding hydrogens is 358 g/mol. The Balaban J connectivity index is 1.44. The maximum Gasteiger partial charge on any atom is 0.240 e. The molecule has 2 atom stereocenters. The van der Waals surface area contributed by atoms with Gasteiger partial charge in [-0.25, -0.2) is 0 Å². The van der Waals surface area contributed by atoms with Crippen LogP contribution in [0.25, 0.3) is 0 Å². The number of nitrogens with two attached hydrogens (primary N) is 1. The quantitative estimate of drug-likeness (QED) is 0.739. The number of rotatable bonds is 8. The number of hydrogen-bond acceptors (Lipinski definition) is 7. The molecule has 1 aliphatic heterocycles. The smallest absolute Gasteiger partial charge is 0.240 e. The molecule has 28 heavy (non-hydrogen) atoms. The molecule has 8 nitrogen and oxygen atoms in total. The summed E-state index contributed by atoms with van der Waals surface area (Å²) in [5.74, 6) is 1.25. The average molecular weight is 387 g/mol. The van der Waals surface area contributed by atoms with Crippen LogP contribution in [0.3, 0.4) is 0 Å². The van der Waals surface area contributed by atoms with Gasteiger partial charge in [0.05, 0.1) is 6.54 Å². The molecule has 2 unspecified atom stereocenters. The summed E-state index contributed by atoms with van der Waals surface area (Å²) >= 11 is 0. The number of nitrogens with zero attached hydrogens (tertiary/aromatic N) is 4. The van der Waals surface area contributed by atoms with E-state index < -0.39 is 0 Å². The van der Waals surface area contributed by atoms with Crippen molar-refractivity contribution >= 4 is 5.91 Å². The second-order valence-electron chi connectivity index (χ2n) is 7.02. The van der Waals surface area contributed by atoms with E-state index in [-0.39, 0.29) is 18.1 Å². The largest absolute Gasteiger partial charge is 0.371 e. The van der Waals surface area contributed by atoms with E-state index >= 15 is 0 Å². The molecule has 2 aromatic rings. The highest BCUT2D eigenvalue weighted by Gasteiger charge is 2.24. The number of carbonyl (C=O) groups excluding carboxylic acids is 1. The minimum absolute atomic E-state index is 0.0987. The summed E-state index contributed by atoms with van der Waals surface area (Å²) in [7, 11) is 0. The summed E-state index contributed by atoms with van der Waals surface area (Å²) < 4.78 is 10.8. The fourth-order valence-corrected chi connectivity index (χ4v) is 3.30. The second kappa shape index (κ2) is 9.77. The van der Waals surface area contributed by atoms with E-state index in [2.05, 4.69) is 15.0 Å². The van der Waals surface area contributed by atoms with Gasteiger partial charge in [-0.3, -0.25) is 9.69 Å². The minimum atomic E-state index is -0.268. The molecule has 152 valence electrons. The van der Waals surface area contributed by atoms with Gasteiger partial charge in [-0.15, -0.1) is 0 Å². The molecule has 3 rings (SSSR count). The molecule has 0 aliphatic carbocycles. The van der Waals surface area contributed by atoms with Crippen LogP contribution in [-0.4, -0.2) is 58.6 Å². The Morgan fingerprint density at radius 3 is 2.64 bits per heavy atom. The lowest BCUT2D eigenvalue weighted by Gasteiger charge is -2.34. The van der Waals surface area contributed by atoms with Crippen molar-refractivity contribution in [2.45, 2.75) is 39.0 Å². The molecule has 2 heterocycles. The van der Waals surface area contributed by atoms with Crippen LogP contribution in [0.15, 0.2) is 34.9 Å². The van der Waals surface area contributed by atoms with Crippen molar-refractivity contribution in [3.8, 4) is 0 Å². The van der Waals surface area contributed by atoms with Crippen molar-refractivity contribution in [3.63, 3.8) is 0 Å². The Labute approximate surface area is 165 Å². The van der Waals surface area contributed by atoms with Crippen molar-refractivity contribution < 1.29 is 14.1 Å². The van der Waals surface area contributed by atoms with Crippen molar-refractivity contribution in [1.82, 2.24) is 19.9 Å². The van der Waals surface area contributed by atoms with Gasteiger partial charge in [0.1, 0.15) is 6.10 Å². The van der Waals surface area contributed by atoms with Crippen LogP contribution in [0.5, 0.6) is 0 Å². The summed E-state index contributed by atoms with van der Waals surface area (Å²) in [6.07, 6.45) is 0.151. The molecule has 1 saturated heterocycles. The zero-order chi connectivity index (χ0) is 19.9. The van der Waals surface area contributed by atoms with Gasteiger partial charge in [0.25, 0.3) is 0 Å². The molecule has 8 heteroatoms. The zero-order valence-corrected chi connectivity index (χ0v) is 16.6. The van der Waals surface area contributed by atoms with E-state index in [1.165, 1.54) is 0 Å². The van der Waals surface area contributed by atoms with Crippen LogP contribution in [0.1, 0.15) is 49.7 Å². The maximum atomic E-state index is 12.6. The van der Waals surface area contributed by atoms with E-state index in [4.69, 9.17) is 15.0 Å². The second-order valence-corrected chi connectivity index (χ2v) is 7.02. The summed E-state index contributed by atoms with van der Waals surface area (Å²) in [6, 6.07) is 9.48. The van der Waals surface area contributed by atoms with Crippen LogP contribution in [-0.2, 0) is 16.1 Å². The molecular formula is C20H29N5O3. The first-order valence-electron chi connectivity index (χ1n) is 9.81.